The third kappa shape index (κ3) is 2.67. The molecule has 0 spiro atoms. The van der Waals surface area contributed by atoms with Crippen LogP contribution in [0.2, 0.25) is 0 Å². The average molecular weight is 284 g/mol. The first-order valence-electron chi connectivity index (χ1n) is 7.36. The van der Waals surface area contributed by atoms with Crippen LogP contribution < -0.4 is 5.32 Å². The minimum atomic E-state index is 0.0969. The number of nitrogens with one attached hydrogen (secondary N) is 2. The molecule has 0 radical (unpaired) electrons. The second-order valence-corrected chi connectivity index (χ2v) is 4.95. The fourth-order valence-corrected chi connectivity index (χ4v) is 2.71. The van der Waals surface area contributed by atoms with Crippen molar-refractivity contribution in [2.75, 3.05) is 6.54 Å². The molecule has 21 heavy (non-hydrogen) atoms. The highest BCUT2D eigenvalue weighted by Crippen LogP contribution is 2.20. The number of likely N-dealkylation sites (N-methyl/N-ethyl adjacent to an activating group) is 1. The van der Waals surface area contributed by atoms with Crippen molar-refractivity contribution < 1.29 is 0 Å². The molecular weight excluding hydrogens is 264 g/mol. The van der Waals surface area contributed by atoms with Gasteiger partial charge in [-0.25, -0.2) is 9.97 Å². The van der Waals surface area contributed by atoms with Gasteiger partial charge in [-0.1, -0.05) is 19.1 Å². The maximum Gasteiger partial charge on any atom is 0.141 e. The maximum atomic E-state index is 4.78. The lowest BCUT2D eigenvalue weighted by atomic mass is 10.2. The van der Waals surface area contributed by atoms with E-state index in [1.54, 1.807) is 6.33 Å². The first-order valence-corrected chi connectivity index (χ1v) is 7.36. The number of aromatic amines is 1. The van der Waals surface area contributed by atoms with Gasteiger partial charge in [-0.2, -0.15) is 5.10 Å². The molecule has 0 aliphatic carbocycles. The van der Waals surface area contributed by atoms with E-state index in [9.17, 15) is 0 Å². The molecule has 6 heteroatoms. The molecule has 3 rings (SSSR count). The van der Waals surface area contributed by atoms with Crippen LogP contribution in [0.3, 0.4) is 0 Å². The summed E-state index contributed by atoms with van der Waals surface area (Å²) in [5.41, 5.74) is 2.23. The SMILES string of the molecule is CCNC(Cc1nc2ccccc2n1CC)c1ncn[nH]1. The standard InChI is InChI=1S/C15H20N6/c1-3-16-12(15-17-10-18-20-15)9-14-19-11-7-5-6-8-13(11)21(14)4-2/h5-8,10,12,16H,3-4,9H2,1-2H3,(H,17,18,20). The zero-order valence-corrected chi connectivity index (χ0v) is 12.4. The van der Waals surface area contributed by atoms with E-state index in [1.807, 2.05) is 6.07 Å². The second kappa shape index (κ2) is 6.05. The summed E-state index contributed by atoms with van der Waals surface area (Å²) < 4.78 is 2.26. The molecule has 0 fully saturated rings. The monoisotopic (exact) mass is 284 g/mol. The predicted octanol–water partition coefficient (Wildman–Crippen LogP) is 2.07. The van der Waals surface area contributed by atoms with Crippen LogP contribution in [0.1, 0.15) is 31.5 Å². The highest BCUT2D eigenvalue weighted by atomic mass is 15.2. The van der Waals surface area contributed by atoms with Gasteiger partial charge in [-0.3, -0.25) is 5.10 Å². The Labute approximate surface area is 123 Å². The van der Waals surface area contributed by atoms with Gasteiger partial charge in [0, 0.05) is 13.0 Å². The van der Waals surface area contributed by atoms with Crippen LogP contribution >= 0.6 is 0 Å². The van der Waals surface area contributed by atoms with E-state index in [1.165, 1.54) is 5.52 Å². The number of H-pyrrole nitrogens is 1. The lowest BCUT2D eigenvalue weighted by Gasteiger charge is -2.15. The minimum absolute atomic E-state index is 0.0969. The fourth-order valence-electron chi connectivity index (χ4n) is 2.71. The number of hydrogen-bond donors (Lipinski definition) is 2. The molecule has 1 aromatic carbocycles. The summed E-state index contributed by atoms with van der Waals surface area (Å²) in [4.78, 5) is 9.05. The summed E-state index contributed by atoms with van der Waals surface area (Å²) >= 11 is 0. The van der Waals surface area contributed by atoms with E-state index >= 15 is 0 Å². The van der Waals surface area contributed by atoms with Crippen LogP contribution in [0.15, 0.2) is 30.6 Å². The number of nitrogens with zero attached hydrogens (tertiary/aromatic N) is 4. The fraction of sp³-hybridized carbons (Fsp3) is 0.400. The Morgan fingerprint density at radius 2 is 2.14 bits per heavy atom. The van der Waals surface area contributed by atoms with Crippen molar-refractivity contribution in [1.82, 2.24) is 30.0 Å². The highest BCUT2D eigenvalue weighted by Gasteiger charge is 2.18. The summed E-state index contributed by atoms with van der Waals surface area (Å²) in [5, 5.41) is 10.3. The summed E-state index contributed by atoms with van der Waals surface area (Å²) in [7, 11) is 0. The van der Waals surface area contributed by atoms with Gasteiger partial charge in [0.1, 0.15) is 18.0 Å². The predicted molar refractivity (Wildman–Crippen MR) is 81.9 cm³/mol. The Balaban J connectivity index is 1.95. The lowest BCUT2D eigenvalue weighted by molar-refractivity contribution is 0.502. The molecule has 0 amide bonds. The van der Waals surface area contributed by atoms with Crippen LogP contribution in [-0.4, -0.2) is 31.3 Å². The van der Waals surface area contributed by atoms with Crippen molar-refractivity contribution >= 4 is 11.0 Å². The van der Waals surface area contributed by atoms with Gasteiger partial charge in [0.05, 0.1) is 17.1 Å². The molecule has 2 aromatic heterocycles. The van der Waals surface area contributed by atoms with Gasteiger partial charge in [-0.05, 0) is 25.6 Å². The van der Waals surface area contributed by atoms with Crippen LogP contribution in [-0.2, 0) is 13.0 Å². The second-order valence-electron chi connectivity index (χ2n) is 4.95. The average Bonchev–Trinajstić information content (AvgIpc) is 3.14. The van der Waals surface area contributed by atoms with Crippen molar-refractivity contribution in [2.24, 2.45) is 0 Å². The zero-order chi connectivity index (χ0) is 14.7. The number of para-hydroxylation sites is 2. The molecule has 0 saturated carbocycles. The molecule has 1 unspecified atom stereocenters. The lowest BCUT2D eigenvalue weighted by Crippen LogP contribution is -2.25. The molecule has 6 nitrogen and oxygen atoms in total. The summed E-state index contributed by atoms with van der Waals surface area (Å²) in [6.45, 7) is 6.02. The van der Waals surface area contributed by atoms with Crippen molar-refractivity contribution in [1.29, 1.82) is 0 Å². The molecule has 0 aliphatic heterocycles. The number of imidazole rings is 1. The first kappa shape index (κ1) is 13.8. The van der Waals surface area contributed by atoms with Crippen molar-refractivity contribution in [2.45, 2.75) is 32.9 Å². The van der Waals surface area contributed by atoms with E-state index in [4.69, 9.17) is 4.98 Å². The normalized spacial score (nSPS) is 12.9. The molecule has 0 saturated heterocycles. The number of aryl methyl sites for hydroxylation is 1. The van der Waals surface area contributed by atoms with Crippen LogP contribution in [0.25, 0.3) is 11.0 Å². The molecule has 110 valence electrons. The van der Waals surface area contributed by atoms with E-state index in [0.717, 1.165) is 36.7 Å². The molecule has 0 aliphatic rings. The highest BCUT2D eigenvalue weighted by molar-refractivity contribution is 5.75. The number of hydrogen-bond acceptors (Lipinski definition) is 4. The minimum Gasteiger partial charge on any atom is -0.328 e. The van der Waals surface area contributed by atoms with E-state index in [2.05, 4.69) is 57.1 Å². The third-order valence-electron chi connectivity index (χ3n) is 3.65. The zero-order valence-electron chi connectivity index (χ0n) is 12.4. The summed E-state index contributed by atoms with van der Waals surface area (Å²) in [5.74, 6) is 1.92. The van der Waals surface area contributed by atoms with E-state index < -0.39 is 0 Å². The first-order chi connectivity index (χ1) is 10.3. The number of rotatable bonds is 6. The molecule has 1 atom stereocenters. The topological polar surface area (TPSA) is 71.4 Å². The quantitative estimate of drug-likeness (QED) is 0.727. The summed E-state index contributed by atoms with van der Waals surface area (Å²) in [6.07, 6.45) is 2.33. The smallest absolute Gasteiger partial charge is 0.141 e. The largest absolute Gasteiger partial charge is 0.328 e. The van der Waals surface area contributed by atoms with Crippen molar-refractivity contribution in [3.05, 3.63) is 42.2 Å². The van der Waals surface area contributed by atoms with Crippen molar-refractivity contribution in [3.8, 4) is 0 Å². The van der Waals surface area contributed by atoms with E-state index in [0.29, 0.717) is 0 Å². The van der Waals surface area contributed by atoms with E-state index in [-0.39, 0.29) is 6.04 Å². The number of benzene rings is 1. The Morgan fingerprint density at radius 3 is 2.86 bits per heavy atom. The molecular formula is C15H20N6. The molecule has 2 N–H and O–H groups in total. The maximum absolute atomic E-state index is 4.78. The summed E-state index contributed by atoms with van der Waals surface area (Å²) in [6, 6.07) is 8.35. The third-order valence-corrected chi connectivity index (χ3v) is 3.65. The Hall–Kier alpha value is -2.21. The van der Waals surface area contributed by atoms with Gasteiger partial charge in [0.15, 0.2) is 0 Å². The van der Waals surface area contributed by atoms with Gasteiger partial charge < -0.3 is 9.88 Å². The Bertz CT molecular complexity index is 700. The van der Waals surface area contributed by atoms with Gasteiger partial charge >= 0.3 is 0 Å². The molecule has 0 bridgehead atoms. The van der Waals surface area contributed by atoms with Gasteiger partial charge in [0.25, 0.3) is 0 Å². The van der Waals surface area contributed by atoms with Gasteiger partial charge in [-0.15, -0.1) is 0 Å². The Morgan fingerprint density at radius 1 is 1.29 bits per heavy atom. The number of fused-ring (bicyclic) bond motifs is 1. The van der Waals surface area contributed by atoms with Gasteiger partial charge in [0.2, 0.25) is 0 Å². The number of aromatic nitrogens is 5. The van der Waals surface area contributed by atoms with Crippen LogP contribution in [0.5, 0.6) is 0 Å². The van der Waals surface area contributed by atoms with Crippen LogP contribution in [0, 0.1) is 0 Å². The Kier molecular flexibility index (Phi) is 3.96. The van der Waals surface area contributed by atoms with Crippen LogP contribution in [0.4, 0.5) is 0 Å². The molecule has 3 aromatic rings. The van der Waals surface area contributed by atoms with Crippen molar-refractivity contribution in [3.63, 3.8) is 0 Å². The molecule has 2 heterocycles.